The minimum absolute atomic E-state index is 0.0925. The Balaban J connectivity index is 1.72. The molecule has 6 heteroatoms. The SMILES string of the molecule is CNCc1ccc(C2(c3ccc(N(C)C)cc3)OC(C3CO3)=Nc3cc(CNC)ccc32)cc1. The van der Waals surface area contributed by atoms with Crippen LogP contribution in [0.3, 0.4) is 0 Å². The molecule has 2 aliphatic heterocycles. The van der Waals surface area contributed by atoms with E-state index >= 15 is 0 Å². The second-order valence-corrected chi connectivity index (χ2v) is 9.11. The summed E-state index contributed by atoms with van der Waals surface area (Å²) in [6, 6.07) is 23.8. The van der Waals surface area contributed by atoms with Crippen LogP contribution in [0.1, 0.15) is 27.8 Å². The van der Waals surface area contributed by atoms with Gasteiger partial charge in [-0.05, 0) is 43.4 Å². The van der Waals surface area contributed by atoms with E-state index in [0.717, 1.165) is 41.2 Å². The topological polar surface area (TPSA) is 61.4 Å². The van der Waals surface area contributed by atoms with E-state index in [-0.39, 0.29) is 6.10 Å². The Hall–Kier alpha value is -3.19. The van der Waals surface area contributed by atoms with Crippen LogP contribution in [0.5, 0.6) is 0 Å². The second kappa shape index (κ2) is 9.22. The number of hydrogen-bond donors (Lipinski definition) is 2. The number of aliphatic imine (C=N–C) groups is 1. The van der Waals surface area contributed by atoms with Crippen molar-refractivity contribution in [2.75, 3.05) is 39.7 Å². The van der Waals surface area contributed by atoms with Crippen molar-refractivity contribution in [1.29, 1.82) is 0 Å². The lowest BCUT2D eigenvalue weighted by molar-refractivity contribution is 0.127. The van der Waals surface area contributed by atoms with Gasteiger partial charge in [0.15, 0.2) is 11.7 Å². The molecule has 2 N–H and O–H groups in total. The Labute approximate surface area is 201 Å². The number of benzene rings is 3. The quantitative estimate of drug-likeness (QED) is 0.503. The molecule has 2 atom stereocenters. The molecular formula is C28H32N4O2. The molecule has 2 heterocycles. The molecule has 0 radical (unpaired) electrons. The first-order valence-corrected chi connectivity index (χ1v) is 11.7. The zero-order valence-corrected chi connectivity index (χ0v) is 20.3. The summed E-state index contributed by atoms with van der Waals surface area (Å²) in [7, 11) is 8.02. The van der Waals surface area contributed by atoms with Crippen molar-refractivity contribution in [3.05, 3.63) is 94.5 Å². The van der Waals surface area contributed by atoms with E-state index in [0.29, 0.717) is 12.5 Å². The highest BCUT2D eigenvalue weighted by Crippen LogP contribution is 2.48. The van der Waals surface area contributed by atoms with Gasteiger partial charge in [-0.15, -0.1) is 0 Å². The van der Waals surface area contributed by atoms with Crippen molar-refractivity contribution >= 4 is 17.3 Å². The lowest BCUT2D eigenvalue weighted by Crippen LogP contribution is -2.39. The minimum Gasteiger partial charge on any atom is -0.457 e. The maximum Gasteiger partial charge on any atom is 0.222 e. The molecule has 34 heavy (non-hydrogen) atoms. The van der Waals surface area contributed by atoms with E-state index in [9.17, 15) is 0 Å². The molecule has 6 nitrogen and oxygen atoms in total. The predicted molar refractivity (Wildman–Crippen MR) is 137 cm³/mol. The van der Waals surface area contributed by atoms with E-state index < -0.39 is 5.60 Å². The molecule has 0 spiro atoms. The second-order valence-electron chi connectivity index (χ2n) is 9.11. The van der Waals surface area contributed by atoms with Gasteiger partial charge < -0.3 is 25.0 Å². The number of hydrogen-bond acceptors (Lipinski definition) is 6. The first-order chi connectivity index (χ1) is 16.5. The average molecular weight is 457 g/mol. The van der Waals surface area contributed by atoms with Gasteiger partial charge in [0, 0.05) is 49.6 Å². The van der Waals surface area contributed by atoms with Crippen LogP contribution in [-0.4, -0.2) is 46.8 Å². The lowest BCUT2D eigenvalue weighted by Gasteiger charge is -2.39. The van der Waals surface area contributed by atoms with Gasteiger partial charge in [-0.2, -0.15) is 0 Å². The van der Waals surface area contributed by atoms with Crippen molar-refractivity contribution in [2.45, 2.75) is 24.8 Å². The first kappa shape index (κ1) is 22.6. The van der Waals surface area contributed by atoms with Crippen molar-refractivity contribution in [2.24, 2.45) is 4.99 Å². The molecule has 0 saturated carbocycles. The third kappa shape index (κ3) is 4.09. The summed E-state index contributed by atoms with van der Waals surface area (Å²) in [6.07, 6.45) is -0.0925. The number of fused-ring (bicyclic) bond motifs is 1. The summed E-state index contributed by atoms with van der Waals surface area (Å²) in [6.45, 7) is 2.24. The number of ether oxygens (including phenoxy) is 2. The fourth-order valence-electron chi connectivity index (χ4n) is 4.61. The van der Waals surface area contributed by atoms with Crippen LogP contribution >= 0.6 is 0 Å². The van der Waals surface area contributed by atoms with Gasteiger partial charge >= 0.3 is 0 Å². The maximum absolute atomic E-state index is 6.88. The highest BCUT2D eigenvalue weighted by Gasteiger charge is 2.47. The van der Waals surface area contributed by atoms with Crippen LogP contribution in [0.2, 0.25) is 0 Å². The molecule has 0 amide bonds. The van der Waals surface area contributed by atoms with Crippen LogP contribution in [0.25, 0.3) is 0 Å². The Morgan fingerprint density at radius 2 is 1.47 bits per heavy atom. The smallest absolute Gasteiger partial charge is 0.222 e. The van der Waals surface area contributed by atoms with Crippen molar-refractivity contribution in [3.8, 4) is 0 Å². The van der Waals surface area contributed by atoms with Gasteiger partial charge in [0.2, 0.25) is 5.90 Å². The summed E-state index contributed by atoms with van der Waals surface area (Å²) in [5.74, 6) is 0.644. The molecule has 2 aliphatic rings. The number of nitrogens with one attached hydrogen (secondary N) is 2. The Morgan fingerprint density at radius 3 is 2.06 bits per heavy atom. The summed E-state index contributed by atoms with van der Waals surface area (Å²) >= 11 is 0. The summed E-state index contributed by atoms with van der Waals surface area (Å²) in [4.78, 5) is 7.02. The minimum atomic E-state index is -0.820. The van der Waals surface area contributed by atoms with Crippen LogP contribution in [0, 0.1) is 0 Å². The molecule has 5 rings (SSSR count). The van der Waals surface area contributed by atoms with Gasteiger partial charge in [-0.25, -0.2) is 4.99 Å². The standard InChI is InChI=1S/C28H32N4O2/c1-29-16-19-5-8-21(9-6-19)28(22-10-12-23(13-11-22)32(3)4)24-14-7-20(17-30-2)15-25(24)31-27(34-28)26-18-33-26/h5-15,26,29-30H,16-18H2,1-4H3. The largest absolute Gasteiger partial charge is 0.457 e. The third-order valence-electron chi connectivity index (χ3n) is 6.45. The average Bonchev–Trinajstić information content (AvgIpc) is 3.70. The van der Waals surface area contributed by atoms with Crippen LogP contribution < -0.4 is 15.5 Å². The summed E-state index contributed by atoms with van der Waals surface area (Å²) in [5, 5.41) is 6.47. The molecule has 176 valence electrons. The van der Waals surface area contributed by atoms with Gasteiger partial charge in [0.25, 0.3) is 0 Å². The van der Waals surface area contributed by atoms with Crippen molar-refractivity contribution in [3.63, 3.8) is 0 Å². The van der Waals surface area contributed by atoms with Crippen LogP contribution in [0.15, 0.2) is 71.7 Å². The molecule has 0 aromatic heterocycles. The van der Waals surface area contributed by atoms with Gasteiger partial charge in [-0.3, -0.25) is 0 Å². The zero-order valence-electron chi connectivity index (χ0n) is 20.3. The Bertz CT molecular complexity index is 1180. The maximum atomic E-state index is 6.88. The highest BCUT2D eigenvalue weighted by molar-refractivity contribution is 5.89. The fraction of sp³-hybridized carbons (Fsp3) is 0.321. The van der Waals surface area contributed by atoms with E-state index in [1.165, 1.54) is 11.1 Å². The molecule has 2 unspecified atom stereocenters. The summed E-state index contributed by atoms with van der Waals surface area (Å²) in [5.41, 5.74) is 6.84. The molecule has 0 bridgehead atoms. The van der Waals surface area contributed by atoms with Crippen LogP contribution in [-0.2, 0) is 28.2 Å². The van der Waals surface area contributed by atoms with Crippen molar-refractivity contribution in [1.82, 2.24) is 10.6 Å². The predicted octanol–water partition coefficient (Wildman–Crippen LogP) is 3.94. The number of anilines is 1. The zero-order chi connectivity index (χ0) is 23.7. The molecular weight excluding hydrogens is 424 g/mol. The molecule has 0 aliphatic carbocycles. The molecule has 1 saturated heterocycles. The Morgan fingerprint density at radius 1 is 0.882 bits per heavy atom. The number of epoxide rings is 1. The van der Waals surface area contributed by atoms with E-state index in [4.69, 9.17) is 14.5 Å². The summed E-state index contributed by atoms with van der Waals surface area (Å²) < 4.78 is 12.5. The van der Waals surface area contributed by atoms with Gasteiger partial charge in [0.1, 0.15) is 0 Å². The van der Waals surface area contributed by atoms with E-state index in [1.807, 2.05) is 14.1 Å². The van der Waals surface area contributed by atoms with Gasteiger partial charge in [0.05, 0.1) is 12.3 Å². The van der Waals surface area contributed by atoms with E-state index in [2.05, 4.69) is 96.4 Å². The first-order valence-electron chi connectivity index (χ1n) is 11.7. The highest BCUT2D eigenvalue weighted by atomic mass is 16.6. The molecule has 3 aromatic rings. The molecule has 3 aromatic carbocycles. The van der Waals surface area contributed by atoms with Gasteiger partial charge in [-0.1, -0.05) is 48.5 Å². The Kier molecular flexibility index (Phi) is 6.13. The number of nitrogens with zero attached hydrogens (tertiary/aromatic N) is 2. The molecule has 1 fully saturated rings. The van der Waals surface area contributed by atoms with E-state index in [1.54, 1.807) is 0 Å². The lowest BCUT2D eigenvalue weighted by atomic mass is 9.78. The monoisotopic (exact) mass is 456 g/mol. The fourth-order valence-corrected chi connectivity index (χ4v) is 4.61. The van der Waals surface area contributed by atoms with Crippen LogP contribution in [0.4, 0.5) is 11.4 Å². The number of rotatable bonds is 8. The van der Waals surface area contributed by atoms with Crippen molar-refractivity contribution < 1.29 is 9.47 Å². The normalized spacial score (nSPS) is 20.8. The third-order valence-corrected chi connectivity index (χ3v) is 6.45.